The first-order chi connectivity index (χ1) is 16.1. The van der Waals surface area contributed by atoms with E-state index in [9.17, 15) is 9.59 Å². The molecule has 5 aromatic rings. The van der Waals surface area contributed by atoms with Crippen molar-refractivity contribution < 1.29 is 4.79 Å². The minimum Gasteiger partial charge on any atom is -0.324 e. The van der Waals surface area contributed by atoms with Crippen LogP contribution in [0.15, 0.2) is 99.8 Å². The summed E-state index contributed by atoms with van der Waals surface area (Å²) in [6.07, 6.45) is 1.43. The van der Waals surface area contributed by atoms with Crippen LogP contribution in [0.5, 0.6) is 0 Å². The molecule has 0 fully saturated rings. The normalized spacial score (nSPS) is 10.9. The fourth-order valence-corrected chi connectivity index (χ4v) is 4.96. The molecule has 0 bridgehead atoms. The van der Waals surface area contributed by atoms with Crippen LogP contribution in [-0.2, 0) is 11.3 Å². The van der Waals surface area contributed by atoms with Crippen molar-refractivity contribution in [3.63, 3.8) is 0 Å². The van der Waals surface area contributed by atoms with Crippen molar-refractivity contribution >= 4 is 49.1 Å². The number of aromatic nitrogens is 2. The minimum absolute atomic E-state index is 0.120. The van der Waals surface area contributed by atoms with Crippen LogP contribution in [0, 0.1) is 0 Å². The SMILES string of the molecule is O=C(Cn1cnc2scc(-c3ccc(-c4ccccc4)cc3)c2c1=O)Nc1ccccc1Br. The summed E-state index contributed by atoms with van der Waals surface area (Å²) in [7, 11) is 0. The quantitative estimate of drug-likeness (QED) is 0.303. The zero-order chi connectivity index (χ0) is 22.8. The zero-order valence-corrected chi connectivity index (χ0v) is 19.8. The molecule has 0 aliphatic rings. The Morgan fingerprint density at radius 1 is 0.909 bits per heavy atom. The first kappa shape index (κ1) is 21.3. The van der Waals surface area contributed by atoms with E-state index in [-0.39, 0.29) is 18.0 Å². The van der Waals surface area contributed by atoms with Crippen molar-refractivity contribution in [3.8, 4) is 22.3 Å². The average Bonchev–Trinajstić information content (AvgIpc) is 3.28. The summed E-state index contributed by atoms with van der Waals surface area (Å²) in [6, 6.07) is 25.6. The summed E-state index contributed by atoms with van der Waals surface area (Å²) in [5.41, 5.74) is 4.44. The first-order valence-corrected chi connectivity index (χ1v) is 11.9. The van der Waals surface area contributed by atoms with Crippen LogP contribution < -0.4 is 10.9 Å². The van der Waals surface area contributed by atoms with Crippen molar-refractivity contribution in [2.45, 2.75) is 6.54 Å². The Labute approximate surface area is 202 Å². The van der Waals surface area contributed by atoms with Crippen LogP contribution in [-0.4, -0.2) is 15.5 Å². The number of nitrogens with zero attached hydrogens (tertiary/aromatic N) is 2. The summed E-state index contributed by atoms with van der Waals surface area (Å²) >= 11 is 4.84. The number of hydrogen-bond acceptors (Lipinski definition) is 4. The Bertz CT molecular complexity index is 1510. The molecule has 0 saturated heterocycles. The monoisotopic (exact) mass is 515 g/mol. The van der Waals surface area contributed by atoms with Gasteiger partial charge in [0.25, 0.3) is 5.56 Å². The summed E-state index contributed by atoms with van der Waals surface area (Å²) in [5.74, 6) is -0.297. The van der Waals surface area contributed by atoms with E-state index >= 15 is 0 Å². The van der Waals surface area contributed by atoms with Gasteiger partial charge in [0.05, 0.1) is 17.4 Å². The molecule has 0 atom stereocenters. The standard InChI is InChI=1S/C26H18BrN3O2S/c27-21-8-4-5-9-22(21)29-23(31)14-30-16-28-25-24(26(30)32)20(15-33-25)19-12-10-18(11-13-19)17-6-2-1-3-7-17/h1-13,15-16H,14H2,(H,29,31). The molecule has 5 nitrogen and oxygen atoms in total. The lowest BCUT2D eigenvalue weighted by Gasteiger charge is -2.09. The number of thiophene rings is 1. The summed E-state index contributed by atoms with van der Waals surface area (Å²) in [4.78, 5) is 30.9. The molecule has 3 aromatic carbocycles. The number of rotatable bonds is 5. The molecule has 2 heterocycles. The van der Waals surface area contributed by atoms with Crippen LogP contribution in [0.2, 0.25) is 0 Å². The second-order valence-electron chi connectivity index (χ2n) is 7.48. The molecule has 7 heteroatoms. The van der Waals surface area contributed by atoms with Crippen molar-refractivity contribution in [2.24, 2.45) is 0 Å². The van der Waals surface area contributed by atoms with Gasteiger partial charge < -0.3 is 5.32 Å². The third-order valence-electron chi connectivity index (χ3n) is 5.33. The molecule has 0 spiro atoms. The van der Waals surface area contributed by atoms with E-state index in [0.717, 1.165) is 26.7 Å². The van der Waals surface area contributed by atoms with Crippen molar-refractivity contribution in [2.75, 3.05) is 5.32 Å². The maximum absolute atomic E-state index is 13.3. The van der Waals surface area contributed by atoms with E-state index < -0.39 is 0 Å². The average molecular weight is 516 g/mol. The molecule has 0 aliphatic carbocycles. The van der Waals surface area contributed by atoms with Gasteiger partial charge in [0.2, 0.25) is 5.91 Å². The topological polar surface area (TPSA) is 64.0 Å². The molecule has 0 aliphatic heterocycles. The molecule has 2 aromatic heterocycles. The molecule has 162 valence electrons. The number of carbonyl (C=O) groups excluding carboxylic acids is 1. The fraction of sp³-hybridized carbons (Fsp3) is 0.0385. The van der Waals surface area contributed by atoms with Crippen molar-refractivity contribution in [3.05, 3.63) is 105 Å². The van der Waals surface area contributed by atoms with Crippen LogP contribution >= 0.6 is 27.3 Å². The Morgan fingerprint density at radius 2 is 1.58 bits per heavy atom. The van der Waals surface area contributed by atoms with Crippen molar-refractivity contribution in [1.82, 2.24) is 9.55 Å². The zero-order valence-electron chi connectivity index (χ0n) is 17.4. The predicted molar refractivity (Wildman–Crippen MR) is 138 cm³/mol. The number of halogens is 1. The Hall–Kier alpha value is -3.55. The second-order valence-corrected chi connectivity index (χ2v) is 9.19. The van der Waals surface area contributed by atoms with E-state index in [1.54, 1.807) is 6.07 Å². The lowest BCUT2D eigenvalue weighted by molar-refractivity contribution is -0.116. The van der Waals surface area contributed by atoms with E-state index in [4.69, 9.17) is 0 Å². The molecule has 0 saturated carbocycles. The highest BCUT2D eigenvalue weighted by atomic mass is 79.9. The van der Waals surface area contributed by atoms with E-state index in [0.29, 0.717) is 15.9 Å². The van der Waals surface area contributed by atoms with Gasteiger partial charge in [-0.05, 0) is 44.8 Å². The maximum Gasteiger partial charge on any atom is 0.263 e. The number of nitrogens with one attached hydrogen (secondary N) is 1. The molecule has 1 N–H and O–H groups in total. The number of carbonyl (C=O) groups is 1. The number of amides is 1. The second kappa shape index (κ2) is 9.13. The Morgan fingerprint density at radius 3 is 2.33 bits per heavy atom. The lowest BCUT2D eigenvalue weighted by atomic mass is 10.0. The maximum atomic E-state index is 13.3. The van der Waals surface area contributed by atoms with Gasteiger partial charge in [-0.3, -0.25) is 14.2 Å². The van der Waals surface area contributed by atoms with Gasteiger partial charge >= 0.3 is 0 Å². The predicted octanol–water partition coefficient (Wildman–Crippen LogP) is 6.19. The van der Waals surface area contributed by atoms with Crippen LogP contribution in [0.1, 0.15) is 0 Å². The molecule has 1 amide bonds. The van der Waals surface area contributed by atoms with Gasteiger partial charge in [0.15, 0.2) is 0 Å². The molecular weight excluding hydrogens is 498 g/mol. The van der Waals surface area contributed by atoms with E-state index in [1.807, 2.05) is 66.0 Å². The summed E-state index contributed by atoms with van der Waals surface area (Å²) in [5, 5.41) is 5.30. The number of para-hydroxylation sites is 1. The molecule has 5 rings (SSSR count). The smallest absolute Gasteiger partial charge is 0.263 e. The molecule has 0 unspecified atom stereocenters. The van der Waals surface area contributed by atoms with Gasteiger partial charge in [0.1, 0.15) is 11.4 Å². The van der Waals surface area contributed by atoms with Gasteiger partial charge in [0, 0.05) is 15.4 Å². The number of fused-ring (bicyclic) bond motifs is 1. The third kappa shape index (κ3) is 4.37. The first-order valence-electron chi connectivity index (χ1n) is 10.3. The van der Waals surface area contributed by atoms with Crippen LogP contribution in [0.4, 0.5) is 5.69 Å². The summed E-state index contributed by atoms with van der Waals surface area (Å²) in [6.45, 7) is -0.120. The lowest BCUT2D eigenvalue weighted by Crippen LogP contribution is -2.27. The van der Waals surface area contributed by atoms with E-state index in [1.165, 1.54) is 22.2 Å². The largest absolute Gasteiger partial charge is 0.324 e. The van der Waals surface area contributed by atoms with Crippen LogP contribution in [0.3, 0.4) is 0 Å². The van der Waals surface area contributed by atoms with Gasteiger partial charge in [-0.1, -0.05) is 66.7 Å². The molecular formula is C26H18BrN3O2S. The third-order valence-corrected chi connectivity index (χ3v) is 6.90. The number of hydrogen-bond donors (Lipinski definition) is 1. The fourth-order valence-electron chi connectivity index (χ4n) is 3.67. The minimum atomic E-state index is -0.297. The van der Waals surface area contributed by atoms with Gasteiger partial charge in [-0.2, -0.15) is 0 Å². The highest BCUT2D eigenvalue weighted by molar-refractivity contribution is 9.10. The van der Waals surface area contributed by atoms with Gasteiger partial charge in [-0.25, -0.2) is 4.98 Å². The highest BCUT2D eigenvalue weighted by Gasteiger charge is 2.15. The van der Waals surface area contributed by atoms with Crippen molar-refractivity contribution in [1.29, 1.82) is 0 Å². The Kier molecular flexibility index (Phi) is 5.90. The highest BCUT2D eigenvalue weighted by Crippen LogP contribution is 2.32. The summed E-state index contributed by atoms with van der Waals surface area (Å²) < 4.78 is 2.13. The molecule has 33 heavy (non-hydrogen) atoms. The molecule has 0 radical (unpaired) electrons. The van der Waals surface area contributed by atoms with Crippen LogP contribution in [0.25, 0.3) is 32.5 Å². The number of benzene rings is 3. The number of anilines is 1. The van der Waals surface area contributed by atoms with Gasteiger partial charge in [-0.15, -0.1) is 11.3 Å². The Balaban J connectivity index is 1.45. The van der Waals surface area contributed by atoms with E-state index in [2.05, 4.69) is 38.4 Å².